The van der Waals surface area contributed by atoms with Gasteiger partial charge >= 0.3 is 6.09 Å². The van der Waals surface area contributed by atoms with Crippen LogP contribution in [0.4, 0.5) is 15.0 Å². The number of nitrogens with one attached hydrogen (secondary N) is 1. The Morgan fingerprint density at radius 3 is 3.04 bits per heavy atom. The molecule has 1 saturated heterocycles. The largest absolute Gasteiger partial charge is 0.412 e. The van der Waals surface area contributed by atoms with E-state index in [0.29, 0.717) is 24.4 Å². The molecule has 3 heterocycles. The number of aliphatic hydroxyl groups is 1. The van der Waals surface area contributed by atoms with E-state index in [1.165, 1.54) is 29.9 Å². The van der Waals surface area contributed by atoms with Gasteiger partial charge < -0.3 is 20.1 Å². The SMILES string of the molecule is CNC(=O)Oc1cnn2ccc(N3C[C@H](O)C[C@@H]3c3cccc(F)c3)nc12. The van der Waals surface area contributed by atoms with Crippen molar-refractivity contribution in [2.24, 2.45) is 0 Å². The number of anilines is 1. The van der Waals surface area contributed by atoms with Crippen molar-refractivity contribution in [2.75, 3.05) is 18.5 Å². The van der Waals surface area contributed by atoms with Gasteiger partial charge in [0.05, 0.1) is 18.3 Å². The molecule has 9 heteroatoms. The molecule has 4 rings (SSSR count). The van der Waals surface area contributed by atoms with Crippen molar-refractivity contribution < 1.29 is 19.0 Å². The number of nitrogens with zero attached hydrogens (tertiary/aromatic N) is 4. The molecular formula is C18H18FN5O3. The van der Waals surface area contributed by atoms with Crippen molar-refractivity contribution in [3.05, 3.63) is 54.1 Å². The zero-order chi connectivity index (χ0) is 19.0. The summed E-state index contributed by atoms with van der Waals surface area (Å²) in [5.74, 6) is 0.475. The van der Waals surface area contributed by atoms with Gasteiger partial charge in [-0.1, -0.05) is 12.1 Å². The highest BCUT2D eigenvalue weighted by molar-refractivity contribution is 5.73. The fraction of sp³-hybridized carbons (Fsp3) is 0.278. The molecule has 140 valence electrons. The van der Waals surface area contributed by atoms with E-state index in [2.05, 4.69) is 15.4 Å². The summed E-state index contributed by atoms with van der Waals surface area (Å²) < 4.78 is 20.3. The average Bonchev–Trinajstić information content (AvgIpc) is 3.25. The quantitative estimate of drug-likeness (QED) is 0.731. The molecule has 1 aliphatic heterocycles. The fourth-order valence-corrected chi connectivity index (χ4v) is 3.32. The van der Waals surface area contributed by atoms with Crippen molar-refractivity contribution in [2.45, 2.75) is 18.6 Å². The zero-order valence-electron chi connectivity index (χ0n) is 14.5. The van der Waals surface area contributed by atoms with Crippen LogP contribution in [-0.4, -0.2) is 45.5 Å². The number of carbonyl (C=O) groups is 1. The maximum absolute atomic E-state index is 13.7. The lowest BCUT2D eigenvalue weighted by molar-refractivity contribution is 0.194. The van der Waals surface area contributed by atoms with E-state index in [1.807, 2.05) is 11.0 Å². The molecule has 1 aromatic carbocycles. The molecule has 2 aromatic heterocycles. The van der Waals surface area contributed by atoms with Crippen LogP contribution in [-0.2, 0) is 0 Å². The highest BCUT2D eigenvalue weighted by Crippen LogP contribution is 2.36. The van der Waals surface area contributed by atoms with Crippen LogP contribution in [0.1, 0.15) is 18.0 Å². The van der Waals surface area contributed by atoms with Gasteiger partial charge in [0, 0.05) is 19.8 Å². The molecule has 8 nitrogen and oxygen atoms in total. The van der Waals surface area contributed by atoms with Gasteiger partial charge in [-0.3, -0.25) is 0 Å². The topological polar surface area (TPSA) is 92.0 Å². The Balaban J connectivity index is 1.71. The molecule has 1 aliphatic rings. The van der Waals surface area contributed by atoms with E-state index in [4.69, 9.17) is 4.74 Å². The molecule has 3 aromatic rings. The molecule has 2 N–H and O–H groups in total. The number of fused-ring (bicyclic) bond motifs is 1. The first-order valence-corrected chi connectivity index (χ1v) is 8.49. The zero-order valence-corrected chi connectivity index (χ0v) is 14.5. The van der Waals surface area contributed by atoms with E-state index < -0.39 is 12.2 Å². The Bertz CT molecular complexity index is 992. The van der Waals surface area contributed by atoms with Crippen LogP contribution in [0.5, 0.6) is 5.75 Å². The van der Waals surface area contributed by atoms with Gasteiger partial charge in [-0.25, -0.2) is 18.7 Å². The monoisotopic (exact) mass is 371 g/mol. The van der Waals surface area contributed by atoms with Crippen LogP contribution in [0.2, 0.25) is 0 Å². The third kappa shape index (κ3) is 3.28. The van der Waals surface area contributed by atoms with Gasteiger partial charge in [-0.2, -0.15) is 5.10 Å². The third-order valence-electron chi connectivity index (χ3n) is 4.54. The number of rotatable bonds is 3. The van der Waals surface area contributed by atoms with Crippen LogP contribution in [0.3, 0.4) is 0 Å². The lowest BCUT2D eigenvalue weighted by atomic mass is 10.0. The summed E-state index contributed by atoms with van der Waals surface area (Å²) in [6.45, 7) is 0.365. The summed E-state index contributed by atoms with van der Waals surface area (Å²) in [7, 11) is 1.46. The van der Waals surface area contributed by atoms with Gasteiger partial charge in [-0.05, 0) is 30.2 Å². The second kappa shape index (κ2) is 6.84. The van der Waals surface area contributed by atoms with E-state index in [9.17, 15) is 14.3 Å². The van der Waals surface area contributed by atoms with Crippen LogP contribution in [0, 0.1) is 5.82 Å². The first-order valence-electron chi connectivity index (χ1n) is 8.49. The smallest absolute Gasteiger partial charge is 0.405 e. The minimum atomic E-state index is -0.619. The predicted molar refractivity (Wildman–Crippen MR) is 95.2 cm³/mol. The highest BCUT2D eigenvalue weighted by atomic mass is 19.1. The van der Waals surface area contributed by atoms with Gasteiger partial charge in [0.2, 0.25) is 5.65 Å². The van der Waals surface area contributed by atoms with Crippen molar-refractivity contribution in [1.82, 2.24) is 19.9 Å². The average molecular weight is 371 g/mol. The summed E-state index contributed by atoms with van der Waals surface area (Å²) >= 11 is 0. The number of hydrogen-bond donors (Lipinski definition) is 2. The van der Waals surface area contributed by atoms with Crippen molar-refractivity contribution in [1.29, 1.82) is 0 Å². The maximum atomic E-state index is 13.7. The fourth-order valence-electron chi connectivity index (χ4n) is 3.32. The van der Waals surface area contributed by atoms with E-state index in [1.54, 1.807) is 18.3 Å². The second-order valence-corrected chi connectivity index (χ2v) is 6.31. The molecule has 1 fully saturated rings. The minimum absolute atomic E-state index is 0.211. The number of aromatic nitrogens is 3. The van der Waals surface area contributed by atoms with Crippen molar-refractivity contribution >= 4 is 17.6 Å². The summed E-state index contributed by atoms with van der Waals surface area (Å²) in [5, 5.41) is 16.7. The van der Waals surface area contributed by atoms with E-state index in [-0.39, 0.29) is 17.6 Å². The molecule has 0 spiro atoms. The second-order valence-electron chi connectivity index (χ2n) is 6.31. The Kier molecular flexibility index (Phi) is 4.36. The van der Waals surface area contributed by atoms with Crippen molar-refractivity contribution in [3.8, 4) is 5.75 Å². The van der Waals surface area contributed by atoms with Crippen LogP contribution >= 0.6 is 0 Å². The van der Waals surface area contributed by atoms with E-state index in [0.717, 1.165) is 5.56 Å². The summed E-state index contributed by atoms with van der Waals surface area (Å²) in [6, 6.07) is 7.88. The molecule has 27 heavy (non-hydrogen) atoms. The number of amides is 1. The number of carbonyl (C=O) groups excluding carboxylic acids is 1. The Morgan fingerprint density at radius 2 is 2.26 bits per heavy atom. The van der Waals surface area contributed by atoms with Crippen LogP contribution < -0.4 is 15.0 Å². The minimum Gasteiger partial charge on any atom is -0.405 e. The lowest BCUT2D eigenvalue weighted by Crippen LogP contribution is -2.25. The molecule has 2 atom stereocenters. The van der Waals surface area contributed by atoms with Crippen LogP contribution in [0.15, 0.2) is 42.7 Å². The van der Waals surface area contributed by atoms with E-state index >= 15 is 0 Å². The van der Waals surface area contributed by atoms with Gasteiger partial charge in [-0.15, -0.1) is 0 Å². The van der Waals surface area contributed by atoms with Gasteiger partial charge in [0.1, 0.15) is 11.6 Å². The van der Waals surface area contributed by atoms with Gasteiger partial charge in [0.15, 0.2) is 5.75 Å². The number of aliphatic hydroxyl groups excluding tert-OH is 1. The predicted octanol–water partition coefficient (Wildman–Crippen LogP) is 1.90. The Labute approximate surface area is 154 Å². The third-order valence-corrected chi connectivity index (χ3v) is 4.54. The first-order chi connectivity index (χ1) is 13.0. The number of hydrogen-bond acceptors (Lipinski definition) is 6. The normalized spacial score (nSPS) is 19.4. The summed E-state index contributed by atoms with van der Waals surface area (Å²) in [4.78, 5) is 18.0. The molecule has 0 aliphatic carbocycles. The molecule has 0 bridgehead atoms. The summed E-state index contributed by atoms with van der Waals surface area (Å²) in [6.07, 6.45) is 2.40. The van der Waals surface area contributed by atoms with Crippen molar-refractivity contribution in [3.63, 3.8) is 0 Å². The highest BCUT2D eigenvalue weighted by Gasteiger charge is 2.33. The molecule has 0 radical (unpaired) electrons. The summed E-state index contributed by atoms with van der Waals surface area (Å²) in [5.41, 5.74) is 1.14. The molecule has 0 unspecified atom stereocenters. The van der Waals surface area contributed by atoms with Gasteiger partial charge in [0.25, 0.3) is 0 Å². The number of benzene rings is 1. The molecular weight excluding hydrogens is 353 g/mol. The number of β-amino-alcohol motifs (C(OH)–C–C–N with tert-alkyl or cyclic N) is 1. The molecule has 1 amide bonds. The first kappa shape index (κ1) is 17.2. The molecule has 0 saturated carbocycles. The number of ether oxygens (including phenoxy) is 1. The maximum Gasteiger partial charge on any atom is 0.412 e. The lowest BCUT2D eigenvalue weighted by Gasteiger charge is -2.25. The Hall–Kier alpha value is -3.20. The standard InChI is InChI=1S/C18H18FN5O3/c1-20-18(26)27-15-9-21-24-6-5-16(22-17(15)24)23-10-13(25)8-14(23)11-3-2-4-12(19)7-11/h2-7,9,13-14,25H,8,10H2,1H3,(H,20,26)/t13-,14-/m1/s1. The van der Waals surface area contributed by atoms with Crippen LogP contribution in [0.25, 0.3) is 5.65 Å². The number of halogens is 1. The Morgan fingerprint density at radius 1 is 1.41 bits per heavy atom.